The molecule has 2 saturated carbocycles. The van der Waals surface area contributed by atoms with E-state index in [4.69, 9.17) is 0 Å². The molecule has 0 aliphatic heterocycles. The van der Waals surface area contributed by atoms with E-state index in [9.17, 15) is 0 Å². The van der Waals surface area contributed by atoms with Crippen molar-refractivity contribution in [3.8, 4) is 0 Å². The van der Waals surface area contributed by atoms with Gasteiger partial charge in [-0.1, -0.05) is 6.42 Å². The first kappa shape index (κ1) is 11.7. The molecular formula is C14H22N2S. The van der Waals surface area contributed by atoms with E-state index in [-0.39, 0.29) is 0 Å². The van der Waals surface area contributed by atoms with Gasteiger partial charge in [0.15, 0.2) is 0 Å². The number of rotatable bonds is 6. The fourth-order valence-electron chi connectivity index (χ4n) is 2.79. The van der Waals surface area contributed by atoms with Gasteiger partial charge in [-0.25, -0.2) is 4.98 Å². The SMILES string of the molecule is Cc1ncsc1CCC1(CNC2CC2)CCC1. The van der Waals surface area contributed by atoms with E-state index in [2.05, 4.69) is 17.2 Å². The molecule has 2 aliphatic carbocycles. The van der Waals surface area contributed by atoms with Crippen LogP contribution in [0.2, 0.25) is 0 Å². The minimum absolute atomic E-state index is 0.624. The van der Waals surface area contributed by atoms with Crippen LogP contribution in [0.3, 0.4) is 0 Å². The van der Waals surface area contributed by atoms with Gasteiger partial charge in [-0.3, -0.25) is 0 Å². The molecule has 2 nitrogen and oxygen atoms in total. The molecule has 0 spiro atoms. The smallest absolute Gasteiger partial charge is 0.0797 e. The maximum Gasteiger partial charge on any atom is 0.0797 e. The molecule has 1 heterocycles. The van der Waals surface area contributed by atoms with E-state index in [1.54, 1.807) is 0 Å². The monoisotopic (exact) mass is 250 g/mol. The molecule has 3 rings (SSSR count). The molecule has 0 amide bonds. The van der Waals surface area contributed by atoms with Crippen LogP contribution in [-0.4, -0.2) is 17.6 Å². The molecule has 1 N–H and O–H groups in total. The Labute approximate surface area is 108 Å². The van der Waals surface area contributed by atoms with Crippen LogP contribution in [0.15, 0.2) is 5.51 Å². The molecule has 0 aromatic carbocycles. The standard InChI is InChI=1S/C14H22N2S/c1-11-13(17-10-16-11)5-8-14(6-2-7-14)9-15-12-3-4-12/h10,12,15H,2-9H2,1H3. The third-order valence-electron chi connectivity index (χ3n) is 4.48. The number of nitrogens with zero attached hydrogens (tertiary/aromatic N) is 1. The molecule has 0 radical (unpaired) electrons. The molecule has 2 fully saturated rings. The second kappa shape index (κ2) is 4.69. The van der Waals surface area contributed by atoms with Gasteiger partial charge in [-0.2, -0.15) is 0 Å². The second-order valence-corrected chi connectivity index (χ2v) is 6.81. The van der Waals surface area contributed by atoms with Gasteiger partial charge in [0.25, 0.3) is 0 Å². The van der Waals surface area contributed by atoms with E-state index in [0.29, 0.717) is 5.41 Å². The predicted molar refractivity (Wildman–Crippen MR) is 72.5 cm³/mol. The highest BCUT2D eigenvalue weighted by molar-refractivity contribution is 7.09. The van der Waals surface area contributed by atoms with Gasteiger partial charge < -0.3 is 5.32 Å². The average molecular weight is 250 g/mol. The molecular weight excluding hydrogens is 228 g/mol. The summed E-state index contributed by atoms with van der Waals surface area (Å²) in [5.41, 5.74) is 3.86. The Morgan fingerprint density at radius 3 is 2.82 bits per heavy atom. The van der Waals surface area contributed by atoms with Crippen LogP contribution < -0.4 is 5.32 Å². The lowest BCUT2D eigenvalue weighted by Crippen LogP contribution is -2.41. The third-order valence-corrected chi connectivity index (χ3v) is 5.48. The summed E-state index contributed by atoms with van der Waals surface area (Å²) in [7, 11) is 0. The average Bonchev–Trinajstić information content (AvgIpc) is 3.01. The lowest BCUT2D eigenvalue weighted by molar-refractivity contribution is 0.117. The van der Waals surface area contributed by atoms with Crippen LogP contribution in [0.1, 0.15) is 49.1 Å². The minimum atomic E-state index is 0.624. The number of thiazole rings is 1. The van der Waals surface area contributed by atoms with Crippen molar-refractivity contribution in [1.82, 2.24) is 10.3 Å². The molecule has 17 heavy (non-hydrogen) atoms. The van der Waals surface area contributed by atoms with E-state index >= 15 is 0 Å². The minimum Gasteiger partial charge on any atom is -0.313 e. The van der Waals surface area contributed by atoms with Crippen LogP contribution >= 0.6 is 11.3 Å². The Bertz CT molecular complexity index is 377. The van der Waals surface area contributed by atoms with Crippen molar-refractivity contribution < 1.29 is 0 Å². The summed E-state index contributed by atoms with van der Waals surface area (Å²) >= 11 is 1.83. The van der Waals surface area contributed by atoms with Crippen LogP contribution in [-0.2, 0) is 6.42 Å². The van der Waals surface area contributed by atoms with Crippen LogP contribution in [0.25, 0.3) is 0 Å². The molecule has 1 aromatic rings. The lowest BCUT2D eigenvalue weighted by atomic mass is 9.66. The maximum atomic E-state index is 4.35. The van der Waals surface area contributed by atoms with Gasteiger partial charge in [0.1, 0.15) is 0 Å². The maximum absolute atomic E-state index is 4.35. The normalized spacial score (nSPS) is 22.4. The zero-order valence-electron chi connectivity index (χ0n) is 10.7. The molecule has 0 unspecified atom stereocenters. The topological polar surface area (TPSA) is 24.9 Å². The Hall–Kier alpha value is -0.410. The molecule has 0 atom stereocenters. The Morgan fingerprint density at radius 1 is 1.47 bits per heavy atom. The summed E-state index contributed by atoms with van der Waals surface area (Å²) in [5.74, 6) is 0. The van der Waals surface area contributed by atoms with E-state index in [0.717, 1.165) is 6.04 Å². The molecule has 0 saturated heterocycles. The van der Waals surface area contributed by atoms with Gasteiger partial charge in [-0.15, -0.1) is 11.3 Å². The van der Waals surface area contributed by atoms with Crippen molar-refractivity contribution >= 4 is 11.3 Å². The van der Waals surface area contributed by atoms with Crippen molar-refractivity contribution in [3.63, 3.8) is 0 Å². The lowest BCUT2D eigenvalue weighted by Gasteiger charge is -2.42. The Kier molecular flexibility index (Phi) is 3.22. The fourth-order valence-corrected chi connectivity index (χ4v) is 3.57. The van der Waals surface area contributed by atoms with Crippen molar-refractivity contribution in [3.05, 3.63) is 16.1 Å². The van der Waals surface area contributed by atoms with Crippen LogP contribution in [0.4, 0.5) is 0 Å². The van der Waals surface area contributed by atoms with Crippen molar-refractivity contribution in [2.24, 2.45) is 5.41 Å². The zero-order valence-corrected chi connectivity index (χ0v) is 11.5. The van der Waals surface area contributed by atoms with Gasteiger partial charge in [0.2, 0.25) is 0 Å². The molecule has 2 aliphatic rings. The second-order valence-electron chi connectivity index (χ2n) is 5.87. The summed E-state index contributed by atoms with van der Waals surface area (Å²) in [6.45, 7) is 3.40. The molecule has 3 heteroatoms. The van der Waals surface area contributed by atoms with E-state index in [1.807, 2.05) is 16.8 Å². The van der Waals surface area contributed by atoms with Crippen molar-refractivity contribution in [2.45, 2.75) is 57.9 Å². The van der Waals surface area contributed by atoms with Gasteiger partial charge in [-0.05, 0) is 50.9 Å². The third kappa shape index (κ3) is 2.71. The number of hydrogen-bond acceptors (Lipinski definition) is 3. The van der Waals surface area contributed by atoms with Crippen LogP contribution in [0, 0.1) is 12.3 Å². The molecule has 1 aromatic heterocycles. The zero-order chi connectivity index (χ0) is 11.7. The summed E-state index contributed by atoms with van der Waals surface area (Å²) in [6, 6.07) is 0.859. The van der Waals surface area contributed by atoms with Gasteiger partial charge in [0, 0.05) is 17.5 Å². The summed E-state index contributed by atoms with van der Waals surface area (Å²) in [6.07, 6.45) is 9.72. The predicted octanol–water partition coefficient (Wildman–Crippen LogP) is 3.31. The van der Waals surface area contributed by atoms with E-state index < -0.39 is 0 Å². The van der Waals surface area contributed by atoms with Crippen LogP contribution in [0.5, 0.6) is 0 Å². The quantitative estimate of drug-likeness (QED) is 0.838. The van der Waals surface area contributed by atoms with Gasteiger partial charge >= 0.3 is 0 Å². The first-order valence-electron chi connectivity index (χ1n) is 6.90. The molecule has 0 bridgehead atoms. The highest BCUT2D eigenvalue weighted by Crippen LogP contribution is 2.45. The molecule has 94 valence electrons. The Morgan fingerprint density at radius 2 is 2.29 bits per heavy atom. The van der Waals surface area contributed by atoms with Gasteiger partial charge in [0.05, 0.1) is 11.2 Å². The highest BCUT2D eigenvalue weighted by atomic mass is 32.1. The number of nitrogens with one attached hydrogen (secondary N) is 1. The number of hydrogen-bond donors (Lipinski definition) is 1. The highest BCUT2D eigenvalue weighted by Gasteiger charge is 2.37. The first-order chi connectivity index (χ1) is 8.27. The first-order valence-corrected chi connectivity index (χ1v) is 7.78. The largest absolute Gasteiger partial charge is 0.313 e. The summed E-state index contributed by atoms with van der Waals surface area (Å²) < 4.78 is 0. The fraction of sp³-hybridized carbons (Fsp3) is 0.786. The van der Waals surface area contributed by atoms with Crippen molar-refractivity contribution in [1.29, 1.82) is 0 Å². The number of aromatic nitrogens is 1. The summed E-state index contributed by atoms with van der Waals surface area (Å²) in [4.78, 5) is 5.85. The van der Waals surface area contributed by atoms with E-state index in [1.165, 1.54) is 62.1 Å². The Balaban J connectivity index is 1.52. The van der Waals surface area contributed by atoms with Crippen molar-refractivity contribution in [2.75, 3.05) is 6.54 Å². The summed E-state index contributed by atoms with van der Waals surface area (Å²) in [5, 5.41) is 3.73. The number of aryl methyl sites for hydroxylation is 2.